The van der Waals surface area contributed by atoms with Gasteiger partial charge in [0.05, 0.1) is 33.3 Å². The van der Waals surface area contributed by atoms with E-state index in [1.807, 2.05) is 36.4 Å². The Hall–Kier alpha value is -2.99. The summed E-state index contributed by atoms with van der Waals surface area (Å²) in [5.74, 6) is 2.83. The van der Waals surface area contributed by atoms with Gasteiger partial charge in [0.1, 0.15) is 28.5 Å². The van der Waals surface area contributed by atoms with E-state index in [9.17, 15) is 0 Å². The molecule has 0 aliphatic carbocycles. The largest absolute Gasteiger partial charge is 0.497 e. The van der Waals surface area contributed by atoms with E-state index in [1.165, 1.54) is 0 Å². The predicted molar refractivity (Wildman–Crippen MR) is 106 cm³/mol. The molecule has 0 spiro atoms. The quantitative estimate of drug-likeness (QED) is 0.612. The standard InChI is InChI=1S/C21H24N2O4/c1-24-15-7-5-14(6-8-15)16-13-23-20-18(26-3)10-9-17(25-2)19(20)21(16)27-12-4-11-22/h5-10,13H,4,11-12,22H2,1-3H3. The SMILES string of the molecule is COc1ccc(-c2cnc3c(OC)ccc(OC)c3c2OCCCN)cc1. The molecule has 1 heterocycles. The maximum Gasteiger partial charge on any atom is 0.145 e. The lowest BCUT2D eigenvalue weighted by molar-refractivity contribution is 0.316. The number of aromatic nitrogens is 1. The van der Waals surface area contributed by atoms with Gasteiger partial charge in [-0.25, -0.2) is 0 Å². The van der Waals surface area contributed by atoms with E-state index < -0.39 is 0 Å². The average molecular weight is 368 g/mol. The Morgan fingerprint density at radius 3 is 2.22 bits per heavy atom. The fourth-order valence-electron chi connectivity index (χ4n) is 2.94. The Morgan fingerprint density at radius 1 is 0.889 bits per heavy atom. The van der Waals surface area contributed by atoms with E-state index >= 15 is 0 Å². The molecule has 1 aromatic heterocycles. The molecule has 0 bridgehead atoms. The first-order chi connectivity index (χ1) is 13.2. The number of pyridine rings is 1. The topological polar surface area (TPSA) is 75.8 Å². The summed E-state index contributed by atoms with van der Waals surface area (Å²) in [6.45, 7) is 1.06. The number of rotatable bonds is 8. The molecule has 0 aliphatic heterocycles. The summed E-state index contributed by atoms with van der Waals surface area (Å²) in [5, 5.41) is 0.780. The van der Waals surface area contributed by atoms with Crippen LogP contribution < -0.4 is 24.7 Å². The Kier molecular flexibility index (Phi) is 5.98. The lowest BCUT2D eigenvalue weighted by Crippen LogP contribution is -2.07. The number of hydrogen-bond donors (Lipinski definition) is 1. The highest BCUT2D eigenvalue weighted by Gasteiger charge is 2.19. The molecule has 142 valence electrons. The van der Waals surface area contributed by atoms with Crippen molar-refractivity contribution in [2.75, 3.05) is 34.5 Å². The van der Waals surface area contributed by atoms with E-state index in [0.717, 1.165) is 28.7 Å². The molecule has 0 amide bonds. The second-order valence-corrected chi connectivity index (χ2v) is 5.91. The van der Waals surface area contributed by atoms with Crippen molar-refractivity contribution in [1.29, 1.82) is 0 Å². The minimum atomic E-state index is 0.499. The first-order valence-electron chi connectivity index (χ1n) is 8.74. The minimum absolute atomic E-state index is 0.499. The smallest absolute Gasteiger partial charge is 0.145 e. The molecule has 2 N–H and O–H groups in total. The summed E-state index contributed by atoms with van der Waals surface area (Å²) in [6, 6.07) is 11.5. The number of fused-ring (bicyclic) bond motifs is 1. The van der Waals surface area contributed by atoms with Gasteiger partial charge in [0.2, 0.25) is 0 Å². The van der Waals surface area contributed by atoms with Crippen molar-refractivity contribution in [3.05, 3.63) is 42.6 Å². The van der Waals surface area contributed by atoms with Crippen LogP contribution in [-0.2, 0) is 0 Å². The second kappa shape index (κ2) is 8.60. The molecular weight excluding hydrogens is 344 g/mol. The Morgan fingerprint density at radius 2 is 1.59 bits per heavy atom. The molecule has 0 atom stereocenters. The van der Waals surface area contributed by atoms with Gasteiger partial charge in [-0.3, -0.25) is 4.98 Å². The Labute approximate surface area is 158 Å². The summed E-state index contributed by atoms with van der Waals surface area (Å²) in [7, 11) is 4.89. The fraction of sp³-hybridized carbons (Fsp3) is 0.286. The first kappa shape index (κ1) is 18.8. The molecule has 0 unspecified atom stereocenters. The molecule has 6 nitrogen and oxygen atoms in total. The van der Waals surface area contributed by atoms with Gasteiger partial charge in [-0.2, -0.15) is 0 Å². The molecule has 2 aromatic carbocycles. The monoisotopic (exact) mass is 368 g/mol. The maximum atomic E-state index is 6.16. The number of nitrogens with two attached hydrogens (primary N) is 1. The van der Waals surface area contributed by atoms with E-state index in [-0.39, 0.29) is 0 Å². The maximum absolute atomic E-state index is 6.16. The van der Waals surface area contributed by atoms with Gasteiger partial charge in [-0.15, -0.1) is 0 Å². The van der Waals surface area contributed by atoms with Gasteiger partial charge >= 0.3 is 0 Å². The first-order valence-corrected chi connectivity index (χ1v) is 8.74. The molecule has 0 saturated heterocycles. The highest BCUT2D eigenvalue weighted by Crippen LogP contribution is 2.43. The van der Waals surface area contributed by atoms with Crippen molar-refractivity contribution in [3.8, 4) is 34.1 Å². The molecular formula is C21H24N2O4. The zero-order valence-corrected chi connectivity index (χ0v) is 15.8. The van der Waals surface area contributed by atoms with Crippen molar-refractivity contribution >= 4 is 10.9 Å². The van der Waals surface area contributed by atoms with Gasteiger partial charge in [0.25, 0.3) is 0 Å². The summed E-state index contributed by atoms with van der Waals surface area (Å²) in [5.41, 5.74) is 8.17. The molecule has 27 heavy (non-hydrogen) atoms. The van der Waals surface area contributed by atoms with Crippen molar-refractivity contribution in [2.45, 2.75) is 6.42 Å². The van der Waals surface area contributed by atoms with Crippen molar-refractivity contribution in [2.24, 2.45) is 5.73 Å². The number of ether oxygens (including phenoxy) is 4. The van der Waals surface area contributed by atoms with Crippen LogP contribution in [0.1, 0.15) is 6.42 Å². The van der Waals surface area contributed by atoms with Crippen molar-refractivity contribution < 1.29 is 18.9 Å². The lowest BCUT2D eigenvalue weighted by atomic mass is 10.0. The number of methoxy groups -OCH3 is 3. The third-order valence-electron chi connectivity index (χ3n) is 4.33. The van der Waals surface area contributed by atoms with Crippen molar-refractivity contribution in [3.63, 3.8) is 0 Å². The highest BCUT2D eigenvalue weighted by atomic mass is 16.5. The van der Waals surface area contributed by atoms with Crippen LogP contribution in [0.25, 0.3) is 22.0 Å². The highest BCUT2D eigenvalue weighted by molar-refractivity contribution is 5.99. The zero-order chi connectivity index (χ0) is 19.2. The number of nitrogens with zero attached hydrogens (tertiary/aromatic N) is 1. The van der Waals surface area contributed by atoms with Crippen LogP contribution in [0.3, 0.4) is 0 Å². The molecule has 3 aromatic rings. The molecule has 0 aliphatic rings. The van der Waals surface area contributed by atoms with Gasteiger partial charge in [-0.05, 0) is 42.8 Å². The fourth-order valence-corrected chi connectivity index (χ4v) is 2.94. The van der Waals surface area contributed by atoms with Gasteiger partial charge in [0.15, 0.2) is 0 Å². The van der Waals surface area contributed by atoms with Crippen LogP contribution in [0.2, 0.25) is 0 Å². The van der Waals surface area contributed by atoms with E-state index in [1.54, 1.807) is 27.5 Å². The molecule has 0 radical (unpaired) electrons. The van der Waals surface area contributed by atoms with Gasteiger partial charge < -0.3 is 24.7 Å². The van der Waals surface area contributed by atoms with E-state index in [0.29, 0.717) is 35.9 Å². The van der Waals surface area contributed by atoms with Crippen LogP contribution in [0, 0.1) is 0 Å². The van der Waals surface area contributed by atoms with Crippen LogP contribution in [-0.4, -0.2) is 39.5 Å². The molecule has 0 fully saturated rings. The lowest BCUT2D eigenvalue weighted by Gasteiger charge is -2.17. The molecule has 0 saturated carbocycles. The minimum Gasteiger partial charge on any atom is -0.497 e. The summed E-state index contributed by atoms with van der Waals surface area (Å²) >= 11 is 0. The van der Waals surface area contributed by atoms with Crippen LogP contribution in [0.4, 0.5) is 0 Å². The van der Waals surface area contributed by atoms with E-state index in [4.69, 9.17) is 24.7 Å². The third kappa shape index (κ3) is 3.75. The zero-order valence-electron chi connectivity index (χ0n) is 15.8. The van der Waals surface area contributed by atoms with Crippen molar-refractivity contribution in [1.82, 2.24) is 4.98 Å². The van der Waals surface area contributed by atoms with Crippen LogP contribution in [0.5, 0.6) is 23.0 Å². The third-order valence-corrected chi connectivity index (χ3v) is 4.33. The molecule has 6 heteroatoms. The van der Waals surface area contributed by atoms with E-state index in [2.05, 4.69) is 4.98 Å². The second-order valence-electron chi connectivity index (χ2n) is 5.91. The predicted octanol–water partition coefficient (Wildman–Crippen LogP) is 3.66. The summed E-state index contributed by atoms with van der Waals surface area (Å²) in [4.78, 5) is 4.63. The van der Waals surface area contributed by atoms with Crippen LogP contribution in [0.15, 0.2) is 42.6 Å². The average Bonchev–Trinajstić information content (AvgIpc) is 2.73. The Balaban J connectivity index is 2.23. The molecule has 3 rings (SSSR count). The van der Waals surface area contributed by atoms with Crippen LogP contribution >= 0.6 is 0 Å². The Bertz CT molecular complexity index is 910. The summed E-state index contributed by atoms with van der Waals surface area (Å²) in [6.07, 6.45) is 2.54. The number of benzene rings is 2. The number of hydrogen-bond acceptors (Lipinski definition) is 6. The normalized spacial score (nSPS) is 10.7. The van der Waals surface area contributed by atoms with Gasteiger partial charge in [0, 0.05) is 11.8 Å². The van der Waals surface area contributed by atoms with Gasteiger partial charge in [-0.1, -0.05) is 12.1 Å². The summed E-state index contributed by atoms with van der Waals surface area (Å²) < 4.78 is 22.5.